The van der Waals surface area contributed by atoms with Gasteiger partial charge < -0.3 is 10.1 Å². The first-order chi connectivity index (χ1) is 7.52. The molecule has 0 saturated carbocycles. The molecule has 1 N–H and O–H groups in total. The molecule has 100 valence electrons. The van der Waals surface area contributed by atoms with E-state index in [1.807, 2.05) is 41.5 Å². The molecular weight excluding hydrogens is 218 g/mol. The van der Waals surface area contributed by atoms with Crippen LogP contribution in [-0.4, -0.2) is 30.4 Å². The number of ether oxygens (including phenoxy) is 1. The third-order valence-electron chi connectivity index (χ3n) is 2.15. The van der Waals surface area contributed by atoms with Gasteiger partial charge in [0.15, 0.2) is 0 Å². The van der Waals surface area contributed by atoms with Crippen LogP contribution in [0.3, 0.4) is 0 Å². The number of Topliss-reactive ketones (excluding diaryl/α,β-unsaturated/α-hetero) is 1. The molecule has 0 aliphatic rings. The van der Waals surface area contributed by atoms with Crippen LogP contribution >= 0.6 is 0 Å². The van der Waals surface area contributed by atoms with Crippen LogP contribution in [-0.2, 0) is 14.3 Å². The number of carbonyl (C=O) groups is 2. The zero-order valence-electron chi connectivity index (χ0n) is 11.8. The van der Waals surface area contributed by atoms with Crippen molar-refractivity contribution in [2.75, 3.05) is 13.2 Å². The van der Waals surface area contributed by atoms with Crippen LogP contribution in [0.15, 0.2) is 0 Å². The van der Waals surface area contributed by atoms with E-state index in [1.54, 1.807) is 0 Å². The molecule has 0 unspecified atom stereocenters. The molecule has 0 atom stereocenters. The van der Waals surface area contributed by atoms with Crippen molar-refractivity contribution in [2.45, 2.75) is 53.6 Å². The van der Waals surface area contributed by atoms with E-state index in [-0.39, 0.29) is 29.3 Å². The maximum Gasteiger partial charge on any atom is 0.246 e. The van der Waals surface area contributed by atoms with E-state index in [4.69, 9.17) is 4.74 Å². The molecule has 0 heterocycles. The Morgan fingerprint density at radius 1 is 1.06 bits per heavy atom. The normalized spacial score (nSPS) is 12.4. The summed E-state index contributed by atoms with van der Waals surface area (Å²) in [5.74, 6) is -0.0313. The second-order valence-corrected chi connectivity index (χ2v) is 6.17. The molecule has 0 spiro atoms. The van der Waals surface area contributed by atoms with Gasteiger partial charge in [0.05, 0.1) is 5.60 Å². The van der Waals surface area contributed by atoms with Crippen molar-refractivity contribution in [3.05, 3.63) is 0 Å². The van der Waals surface area contributed by atoms with E-state index < -0.39 is 0 Å². The van der Waals surface area contributed by atoms with Crippen LogP contribution in [0.25, 0.3) is 0 Å². The fourth-order valence-electron chi connectivity index (χ4n) is 1.02. The smallest absolute Gasteiger partial charge is 0.246 e. The van der Waals surface area contributed by atoms with Crippen LogP contribution in [0.4, 0.5) is 0 Å². The summed E-state index contributed by atoms with van der Waals surface area (Å²) in [6.45, 7) is 11.7. The molecule has 4 heteroatoms. The quantitative estimate of drug-likeness (QED) is 0.802. The lowest BCUT2D eigenvalue weighted by atomic mass is 9.89. The van der Waals surface area contributed by atoms with Crippen molar-refractivity contribution in [1.82, 2.24) is 5.32 Å². The maximum absolute atomic E-state index is 11.6. The van der Waals surface area contributed by atoms with E-state index >= 15 is 0 Å². The number of ketones is 1. The summed E-state index contributed by atoms with van der Waals surface area (Å²) >= 11 is 0. The second-order valence-electron chi connectivity index (χ2n) is 6.17. The highest BCUT2D eigenvalue weighted by molar-refractivity contribution is 5.84. The third kappa shape index (κ3) is 8.86. The standard InChI is InChI=1S/C13H25NO3/c1-12(2,3)10(15)7-8-14-11(16)9-17-13(4,5)6/h7-9H2,1-6H3,(H,14,16). The lowest BCUT2D eigenvalue weighted by molar-refractivity contribution is -0.131. The number of amides is 1. The first-order valence-corrected chi connectivity index (χ1v) is 5.96. The van der Waals surface area contributed by atoms with Crippen molar-refractivity contribution < 1.29 is 14.3 Å². The van der Waals surface area contributed by atoms with Gasteiger partial charge in [0.2, 0.25) is 5.91 Å². The predicted octanol–water partition coefficient (Wildman–Crippen LogP) is 1.92. The Morgan fingerprint density at radius 3 is 2.00 bits per heavy atom. The highest BCUT2D eigenvalue weighted by atomic mass is 16.5. The average molecular weight is 243 g/mol. The minimum atomic E-state index is -0.341. The molecule has 0 rings (SSSR count). The van der Waals surface area contributed by atoms with Crippen LogP contribution in [0, 0.1) is 5.41 Å². The van der Waals surface area contributed by atoms with Crippen LogP contribution in [0.1, 0.15) is 48.0 Å². The summed E-state index contributed by atoms with van der Waals surface area (Å²) in [5, 5.41) is 2.67. The molecule has 4 nitrogen and oxygen atoms in total. The number of hydrogen-bond acceptors (Lipinski definition) is 3. The fraction of sp³-hybridized carbons (Fsp3) is 0.846. The van der Waals surface area contributed by atoms with E-state index in [1.165, 1.54) is 0 Å². The summed E-state index contributed by atoms with van der Waals surface area (Å²) in [4.78, 5) is 23.0. The number of hydrogen-bond donors (Lipinski definition) is 1. The van der Waals surface area contributed by atoms with Gasteiger partial charge in [-0.3, -0.25) is 9.59 Å². The number of rotatable bonds is 5. The number of carbonyl (C=O) groups excluding carboxylic acids is 2. The van der Waals surface area contributed by atoms with Gasteiger partial charge >= 0.3 is 0 Å². The monoisotopic (exact) mass is 243 g/mol. The van der Waals surface area contributed by atoms with Crippen molar-refractivity contribution in [2.24, 2.45) is 5.41 Å². The van der Waals surface area contributed by atoms with Gasteiger partial charge in [-0.25, -0.2) is 0 Å². The third-order valence-corrected chi connectivity index (χ3v) is 2.15. The molecule has 0 fully saturated rings. The molecule has 0 aromatic carbocycles. The van der Waals surface area contributed by atoms with Crippen molar-refractivity contribution in [3.63, 3.8) is 0 Å². The highest BCUT2D eigenvalue weighted by Crippen LogP contribution is 2.15. The van der Waals surface area contributed by atoms with Gasteiger partial charge in [-0.1, -0.05) is 20.8 Å². The lowest BCUT2D eigenvalue weighted by Gasteiger charge is -2.19. The van der Waals surface area contributed by atoms with Crippen LogP contribution in [0.2, 0.25) is 0 Å². The minimum absolute atomic E-state index is 0.0349. The Bertz CT molecular complexity index is 271. The first-order valence-electron chi connectivity index (χ1n) is 5.96. The zero-order valence-corrected chi connectivity index (χ0v) is 11.8. The van der Waals surface area contributed by atoms with Crippen molar-refractivity contribution in [1.29, 1.82) is 0 Å². The summed E-state index contributed by atoms with van der Waals surface area (Å²) in [6, 6.07) is 0. The molecule has 0 bridgehead atoms. The Labute approximate surface area is 104 Å². The van der Waals surface area contributed by atoms with Gasteiger partial charge in [0.25, 0.3) is 0 Å². The SMILES string of the molecule is CC(C)(C)OCC(=O)NCCC(=O)C(C)(C)C. The molecule has 1 amide bonds. The van der Waals surface area contributed by atoms with Gasteiger partial charge in [0, 0.05) is 18.4 Å². The topological polar surface area (TPSA) is 55.4 Å². The van der Waals surface area contributed by atoms with Gasteiger partial charge in [-0.2, -0.15) is 0 Å². The van der Waals surface area contributed by atoms with E-state index in [9.17, 15) is 9.59 Å². The Hall–Kier alpha value is -0.900. The fourth-order valence-corrected chi connectivity index (χ4v) is 1.02. The molecule has 0 aliphatic carbocycles. The summed E-state index contributed by atoms with van der Waals surface area (Å²) in [5.41, 5.74) is -0.662. The van der Waals surface area contributed by atoms with Crippen molar-refractivity contribution >= 4 is 11.7 Å². The summed E-state index contributed by atoms with van der Waals surface area (Å²) in [7, 11) is 0. The zero-order chi connectivity index (χ0) is 13.7. The number of nitrogens with one attached hydrogen (secondary N) is 1. The molecule has 0 aliphatic heterocycles. The highest BCUT2D eigenvalue weighted by Gasteiger charge is 2.20. The molecule has 0 aromatic heterocycles. The lowest BCUT2D eigenvalue weighted by Crippen LogP contribution is -2.34. The summed E-state index contributed by atoms with van der Waals surface area (Å²) in [6.07, 6.45) is 0.366. The Kier molecular flexibility index (Phi) is 5.82. The van der Waals surface area contributed by atoms with Gasteiger partial charge in [-0.05, 0) is 20.8 Å². The summed E-state index contributed by atoms with van der Waals surface area (Å²) < 4.78 is 5.32. The van der Waals surface area contributed by atoms with Crippen LogP contribution < -0.4 is 5.32 Å². The first kappa shape index (κ1) is 16.1. The van der Waals surface area contributed by atoms with Crippen molar-refractivity contribution in [3.8, 4) is 0 Å². The van der Waals surface area contributed by atoms with E-state index in [0.29, 0.717) is 13.0 Å². The van der Waals surface area contributed by atoms with Gasteiger partial charge in [0.1, 0.15) is 12.4 Å². The van der Waals surface area contributed by atoms with Crippen LogP contribution in [0.5, 0.6) is 0 Å². The van der Waals surface area contributed by atoms with E-state index in [2.05, 4.69) is 5.32 Å². The van der Waals surface area contributed by atoms with E-state index in [0.717, 1.165) is 0 Å². The minimum Gasteiger partial charge on any atom is -0.366 e. The molecule has 0 aromatic rings. The van der Waals surface area contributed by atoms with Gasteiger partial charge in [-0.15, -0.1) is 0 Å². The maximum atomic E-state index is 11.6. The largest absolute Gasteiger partial charge is 0.366 e. The molecular formula is C13H25NO3. The Morgan fingerprint density at radius 2 is 1.59 bits per heavy atom. The molecule has 0 saturated heterocycles. The molecule has 0 radical (unpaired) electrons. The Balaban J connectivity index is 3.77. The second kappa shape index (κ2) is 6.15. The predicted molar refractivity (Wildman–Crippen MR) is 67.8 cm³/mol. The average Bonchev–Trinajstić information content (AvgIpc) is 2.12. The molecule has 17 heavy (non-hydrogen) atoms.